The molecule has 0 atom stereocenters. The number of nitrogens with zero attached hydrogens (tertiary/aromatic N) is 1. The Morgan fingerprint density at radius 2 is 1.86 bits per heavy atom. The van der Waals surface area contributed by atoms with Gasteiger partial charge in [-0.1, -0.05) is 46.3 Å². The Balaban J connectivity index is 1.76. The van der Waals surface area contributed by atoms with Crippen molar-refractivity contribution in [2.45, 2.75) is 20.0 Å². The maximum atomic E-state index is 3.55. The first-order valence-corrected chi connectivity index (χ1v) is 7.94. The quantitative estimate of drug-likeness (QED) is 0.736. The molecule has 0 fully saturated rings. The number of hydrogen-bond donors (Lipinski definition) is 1. The lowest BCUT2D eigenvalue weighted by Crippen LogP contribution is -2.15. The van der Waals surface area contributed by atoms with Gasteiger partial charge in [0.2, 0.25) is 0 Å². The van der Waals surface area contributed by atoms with Gasteiger partial charge in [-0.2, -0.15) is 0 Å². The van der Waals surface area contributed by atoms with Gasteiger partial charge in [0.1, 0.15) is 0 Å². The van der Waals surface area contributed by atoms with Crippen LogP contribution in [0.25, 0.3) is 10.9 Å². The number of halogens is 1. The summed E-state index contributed by atoms with van der Waals surface area (Å²) in [5.74, 6) is 0. The molecule has 0 aliphatic heterocycles. The Labute approximate surface area is 133 Å². The number of hydrogen-bond acceptors (Lipinski definition) is 1. The van der Waals surface area contributed by atoms with Gasteiger partial charge in [0.15, 0.2) is 0 Å². The predicted molar refractivity (Wildman–Crippen MR) is 92.3 cm³/mol. The van der Waals surface area contributed by atoms with Crippen LogP contribution in [0.1, 0.15) is 16.8 Å². The molecule has 1 heterocycles. The summed E-state index contributed by atoms with van der Waals surface area (Å²) in [6.45, 7) is 3.96. The molecule has 21 heavy (non-hydrogen) atoms. The zero-order chi connectivity index (χ0) is 14.8. The molecule has 3 aromatic rings. The molecule has 1 aromatic heterocycles. The number of fused-ring (bicyclic) bond motifs is 1. The largest absolute Gasteiger partial charge is 0.346 e. The highest BCUT2D eigenvalue weighted by atomic mass is 79.9. The molecule has 3 rings (SSSR count). The van der Waals surface area contributed by atoms with Crippen LogP contribution in [-0.4, -0.2) is 4.57 Å². The summed E-state index contributed by atoms with van der Waals surface area (Å²) in [5, 5.41) is 4.89. The average molecular weight is 343 g/mol. The summed E-state index contributed by atoms with van der Waals surface area (Å²) in [6, 6.07) is 17.0. The van der Waals surface area contributed by atoms with Crippen LogP contribution in [0.2, 0.25) is 0 Å². The molecule has 0 aliphatic carbocycles. The third kappa shape index (κ3) is 2.89. The van der Waals surface area contributed by atoms with Crippen LogP contribution < -0.4 is 5.32 Å². The fourth-order valence-electron chi connectivity index (χ4n) is 2.86. The molecule has 0 saturated heterocycles. The lowest BCUT2D eigenvalue weighted by Gasteiger charge is -2.08. The van der Waals surface area contributed by atoms with E-state index in [9.17, 15) is 0 Å². The number of para-hydroxylation sites is 1. The van der Waals surface area contributed by atoms with E-state index in [1.54, 1.807) is 0 Å². The number of benzene rings is 2. The molecule has 0 amide bonds. The zero-order valence-corrected chi connectivity index (χ0v) is 13.9. The van der Waals surface area contributed by atoms with Crippen molar-refractivity contribution in [3.8, 4) is 0 Å². The average Bonchev–Trinajstić information content (AvgIpc) is 2.73. The van der Waals surface area contributed by atoms with E-state index < -0.39 is 0 Å². The smallest absolute Gasteiger partial charge is 0.0483 e. The minimum Gasteiger partial charge on any atom is -0.346 e. The van der Waals surface area contributed by atoms with Gasteiger partial charge in [0.25, 0.3) is 0 Å². The van der Waals surface area contributed by atoms with Crippen molar-refractivity contribution in [2.75, 3.05) is 0 Å². The Kier molecular flexibility index (Phi) is 4.13. The summed E-state index contributed by atoms with van der Waals surface area (Å²) in [4.78, 5) is 0. The second-order valence-electron chi connectivity index (χ2n) is 5.38. The van der Waals surface area contributed by atoms with Crippen molar-refractivity contribution >= 4 is 26.8 Å². The number of aromatic nitrogens is 1. The highest BCUT2D eigenvalue weighted by molar-refractivity contribution is 9.10. The van der Waals surface area contributed by atoms with Gasteiger partial charge in [-0.05, 0) is 36.2 Å². The molecule has 0 spiro atoms. The first-order chi connectivity index (χ1) is 10.2. The molecule has 2 aromatic carbocycles. The van der Waals surface area contributed by atoms with Crippen LogP contribution in [0.4, 0.5) is 0 Å². The van der Waals surface area contributed by atoms with E-state index in [-0.39, 0.29) is 0 Å². The van der Waals surface area contributed by atoms with Gasteiger partial charge in [-0.3, -0.25) is 0 Å². The van der Waals surface area contributed by atoms with Crippen LogP contribution in [0.15, 0.2) is 53.0 Å². The summed E-state index contributed by atoms with van der Waals surface area (Å²) in [6.07, 6.45) is 0. The van der Waals surface area contributed by atoms with Crippen LogP contribution in [-0.2, 0) is 20.1 Å². The molecule has 0 saturated carbocycles. The molecular formula is C18H19BrN2. The fraction of sp³-hybridized carbons (Fsp3) is 0.222. The molecule has 0 unspecified atom stereocenters. The van der Waals surface area contributed by atoms with Crippen LogP contribution in [0, 0.1) is 6.92 Å². The van der Waals surface area contributed by atoms with Gasteiger partial charge in [-0.25, -0.2) is 0 Å². The molecule has 0 bridgehead atoms. The monoisotopic (exact) mass is 342 g/mol. The van der Waals surface area contributed by atoms with E-state index in [1.165, 1.54) is 27.7 Å². The van der Waals surface area contributed by atoms with E-state index in [0.717, 1.165) is 17.6 Å². The van der Waals surface area contributed by atoms with Crippen molar-refractivity contribution in [3.63, 3.8) is 0 Å². The Morgan fingerprint density at radius 3 is 2.62 bits per heavy atom. The van der Waals surface area contributed by atoms with E-state index >= 15 is 0 Å². The third-order valence-electron chi connectivity index (χ3n) is 4.02. The second kappa shape index (κ2) is 6.04. The molecule has 3 heteroatoms. The van der Waals surface area contributed by atoms with Gasteiger partial charge in [0, 0.05) is 41.2 Å². The zero-order valence-electron chi connectivity index (χ0n) is 12.4. The van der Waals surface area contributed by atoms with Crippen molar-refractivity contribution in [1.29, 1.82) is 0 Å². The highest BCUT2D eigenvalue weighted by Crippen LogP contribution is 2.24. The van der Waals surface area contributed by atoms with Crippen molar-refractivity contribution < 1.29 is 0 Å². The first kappa shape index (κ1) is 14.4. The number of aryl methyl sites for hydroxylation is 2. The molecule has 108 valence electrons. The Hall–Kier alpha value is -1.58. The van der Waals surface area contributed by atoms with Gasteiger partial charge in [-0.15, -0.1) is 0 Å². The molecule has 0 aliphatic rings. The predicted octanol–water partition coefficient (Wildman–Crippen LogP) is 4.54. The standard InChI is InChI=1S/C18H19BrN2/c1-13-16-8-3-4-9-17(16)21(2)18(13)12-20-11-14-6-5-7-15(19)10-14/h3-10,20H,11-12H2,1-2H3. The SMILES string of the molecule is Cc1c(CNCc2cccc(Br)c2)n(C)c2ccccc12. The van der Waals surface area contributed by atoms with Gasteiger partial charge < -0.3 is 9.88 Å². The van der Waals surface area contributed by atoms with E-state index in [1.807, 2.05) is 0 Å². The van der Waals surface area contributed by atoms with E-state index in [0.29, 0.717) is 0 Å². The van der Waals surface area contributed by atoms with Crippen LogP contribution in [0.5, 0.6) is 0 Å². The normalized spacial score (nSPS) is 11.2. The van der Waals surface area contributed by atoms with Gasteiger partial charge >= 0.3 is 0 Å². The lowest BCUT2D eigenvalue weighted by atomic mass is 10.1. The van der Waals surface area contributed by atoms with Crippen LogP contribution >= 0.6 is 15.9 Å². The lowest BCUT2D eigenvalue weighted by molar-refractivity contribution is 0.656. The van der Waals surface area contributed by atoms with Gasteiger partial charge in [0.05, 0.1) is 0 Å². The minimum atomic E-state index is 0.875. The topological polar surface area (TPSA) is 17.0 Å². The van der Waals surface area contributed by atoms with Crippen molar-refractivity contribution in [2.24, 2.45) is 7.05 Å². The molecule has 0 radical (unpaired) electrons. The third-order valence-corrected chi connectivity index (χ3v) is 4.51. The summed E-state index contributed by atoms with van der Waals surface area (Å²) in [7, 11) is 2.14. The number of rotatable bonds is 4. The Bertz CT molecular complexity index is 735. The van der Waals surface area contributed by atoms with E-state index in [4.69, 9.17) is 0 Å². The fourth-order valence-corrected chi connectivity index (χ4v) is 3.31. The van der Waals surface area contributed by atoms with Crippen molar-refractivity contribution in [3.05, 3.63) is 69.8 Å². The Morgan fingerprint density at radius 1 is 1.05 bits per heavy atom. The van der Waals surface area contributed by atoms with E-state index in [2.05, 4.69) is 88.3 Å². The minimum absolute atomic E-state index is 0.875. The number of nitrogens with one attached hydrogen (secondary N) is 1. The maximum Gasteiger partial charge on any atom is 0.0483 e. The van der Waals surface area contributed by atoms with Crippen molar-refractivity contribution in [1.82, 2.24) is 9.88 Å². The summed E-state index contributed by atoms with van der Waals surface area (Å²) in [5.41, 5.74) is 5.32. The molecule has 1 N–H and O–H groups in total. The molecular weight excluding hydrogens is 324 g/mol. The summed E-state index contributed by atoms with van der Waals surface area (Å²) < 4.78 is 3.42. The first-order valence-electron chi connectivity index (χ1n) is 7.15. The maximum absolute atomic E-state index is 3.55. The second-order valence-corrected chi connectivity index (χ2v) is 6.30. The van der Waals surface area contributed by atoms with Crippen LogP contribution in [0.3, 0.4) is 0 Å². The highest BCUT2D eigenvalue weighted by Gasteiger charge is 2.10. The molecule has 2 nitrogen and oxygen atoms in total. The summed E-state index contributed by atoms with van der Waals surface area (Å²) >= 11 is 3.51.